The number of para-hydroxylation sites is 1. The molecule has 1 aliphatic heterocycles. The minimum Gasteiger partial charge on any atom is -0.452 e. The van der Waals surface area contributed by atoms with Gasteiger partial charge in [0.1, 0.15) is 0 Å². The molecular formula is C21H22N2O5S. The first kappa shape index (κ1) is 20.6. The Morgan fingerprint density at radius 1 is 1.03 bits per heavy atom. The number of ether oxygens (including phenoxy) is 1. The molecule has 1 aliphatic rings. The first-order valence-corrected chi connectivity index (χ1v) is 10.7. The van der Waals surface area contributed by atoms with Crippen LogP contribution in [0.15, 0.2) is 66.1 Å². The quantitative estimate of drug-likeness (QED) is 0.674. The van der Waals surface area contributed by atoms with Crippen molar-refractivity contribution < 1.29 is 22.7 Å². The summed E-state index contributed by atoms with van der Waals surface area (Å²) in [4.78, 5) is 28.5. The van der Waals surface area contributed by atoms with Crippen LogP contribution in [0.3, 0.4) is 0 Å². The summed E-state index contributed by atoms with van der Waals surface area (Å²) in [6.07, 6.45) is 1.47. The molecule has 0 N–H and O–H groups in total. The minimum atomic E-state index is -3.36. The summed E-state index contributed by atoms with van der Waals surface area (Å²) in [5.74, 6) is -1.32. The fraction of sp³-hybridized carbons (Fsp3) is 0.238. The molecule has 7 nitrogen and oxygen atoms in total. The average Bonchev–Trinajstić information content (AvgIpc) is 3.06. The zero-order chi connectivity index (χ0) is 21.0. The SMILES string of the molecule is CN(C)c1cccc(C(=O)OCC(=O)N(c2ccccc2)[C@H]2C=CS(=O)(=O)C2)c1. The number of rotatable bonds is 6. The Hall–Kier alpha value is -3.13. The largest absolute Gasteiger partial charge is 0.452 e. The van der Waals surface area contributed by atoms with Crippen LogP contribution in [0.25, 0.3) is 0 Å². The van der Waals surface area contributed by atoms with E-state index in [0.29, 0.717) is 11.3 Å². The number of carbonyl (C=O) groups is 2. The van der Waals surface area contributed by atoms with Gasteiger partial charge in [0.2, 0.25) is 0 Å². The fourth-order valence-electron chi connectivity index (χ4n) is 3.02. The van der Waals surface area contributed by atoms with E-state index in [0.717, 1.165) is 11.1 Å². The maximum atomic E-state index is 12.9. The predicted molar refractivity (Wildman–Crippen MR) is 112 cm³/mol. The third kappa shape index (κ3) is 5.03. The van der Waals surface area contributed by atoms with Crippen molar-refractivity contribution in [3.63, 3.8) is 0 Å². The minimum absolute atomic E-state index is 0.202. The standard InChI is InChI=1S/C21H22N2O5S/c1-22(2)18-10-6-7-16(13-18)21(25)28-14-20(24)23(17-8-4-3-5-9-17)19-11-12-29(26,27)15-19/h3-13,19H,14-15H2,1-2H3/t19-/m0/s1. The van der Waals surface area contributed by atoms with Crippen LogP contribution in [0.1, 0.15) is 10.4 Å². The van der Waals surface area contributed by atoms with Crippen molar-refractivity contribution in [2.24, 2.45) is 0 Å². The lowest BCUT2D eigenvalue weighted by molar-refractivity contribution is -0.121. The van der Waals surface area contributed by atoms with E-state index >= 15 is 0 Å². The zero-order valence-electron chi connectivity index (χ0n) is 16.2. The third-order valence-corrected chi connectivity index (χ3v) is 5.85. The van der Waals surface area contributed by atoms with Crippen LogP contribution in [0.4, 0.5) is 11.4 Å². The van der Waals surface area contributed by atoms with Gasteiger partial charge in [-0.2, -0.15) is 0 Å². The molecule has 8 heteroatoms. The zero-order valence-corrected chi connectivity index (χ0v) is 17.0. The lowest BCUT2D eigenvalue weighted by Crippen LogP contribution is -2.43. The molecule has 0 radical (unpaired) electrons. The maximum absolute atomic E-state index is 12.9. The molecule has 0 fully saturated rings. The van der Waals surface area contributed by atoms with E-state index in [-0.39, 0.29) is 5.75 Å². The van der Waals surface area contributed by atoms with E-state index in [4.69, 9.17) is 4.74 Å². The van der Waals surface area contributed by atoms with Gasteiger partial charge in [-0.15, -0.1) is 0 Å². The van der Waals surface area contributed by atoms with Gasteiger partial charge < -0.3 is 14.5 Å². The van der Waals surface area contributed by atoms with Crippen LogP contribution in [0.5, 0.6) is 0 Å². The van der Waals surface area contributed by atoms with Crippen molar-refractivity contribution in [3.05, 3.63) is 71.6 Å². The summed E-state index contributed by atoms with van der Waals surface area (Å²) in [6, 6.07) is 14.9. The summed E-state index contributed by atoms with van der Waals surface area (Å²) < 4.78 is 28.9. The Labute approximate surface area is 170 Å². The van der Waals surface area contributed by atoms with E-state index in [1.54, 1.807) is 48.5 Å². The van der Waals surface area contributed by atoms with Crippen molar-refractivity contribution >= 4 is 33.1 Å². The van der Waals surface area contributed by atoms with Crippen molar-refractivity contribution in [1.29, 1.82) is 0 Å². The van der Waals surface area contributed by atoms with Gasteiger partial charge >= 0.3 is 5.97 Å². The van der Waals surface area contributed by atoms with Crippen LogP contribution in [0.2, 0.25) is 0 Å². The molecule has 29 heavy (non-hydrogen) atoms. The van der Waals surface area contributed by atoms with Gasteiger partial charge in [0.15, 0.2) is 16.4 Å². The Bertz CT molecular complexity index is 1030. The lowest BCUT2D eigenvalue weighted by atomic mass is 10.2. The maximum Gasteiger partial charge on any atom is 0.338 e. The Balaban J connectivity index is 1.74. The van der Waals surface area contributed by atoms with Crippen LogP contribution >= 0.6 is 0 Å². The number of anilines is 2. The molecule has 2 aromatic carbocycles. The lowest BCUT2D eigenvalue weighted by Gasteiger charge is -2.27. The summed E-state index contributed by atoms with van der Waals surface area (Å²) >= 11 is 0. The smallest absolute Gasteiger partial charge is 0.338 e. The van der Waals surface area contributed by atoms with Gasteiger partial charge in [-0.25, -0.2) is 13.2 Å². The van der Waals surface area contributed by atoms with Crippen LogP contribution in [0, 0.1) is 0 Å². The molecule has 2 aromatic rings. The van der Waals surface area contributed by atoms with Crippen molar-refractivity contribution in [2.75, 3.05) is 36.3 Å². The molecule has 0 aliphatic carbocycles. The normalized spacial score (nSPS) is 17.0. The molecule has 1 amide bonds. The molecule has 0 saturated heterocycles. The van der Waals surface area contributed by atoms with Gasteiger partial charge in [-0.05, 0) is 36.4 Å². The Morgan fingerprint density at radius 3 is 2.34 bits per heavy atom. The third-order valence-electron chi connectivity index (χ3n) is 4.47. The van der Waals surface area contributed by atoms with Crippen molar-refractivity contribution in [1.82, 2.24) is 0 Å². The molecule has 0 aromatic heterocycles. The first-order valence-electron chi connectivity index (χ1n) is 8.99. The Kier molecular flexibility index (Phi) is 6.03. The second-order valence-electron chi connectivity index (χ2n) is 6.85. The summed E-state index contributed by atoms with van der Waals surface area (Å²) in [7, 11) is 0.356. The second-order valence-corrected chi connectivity index (χ2v) is 8.78. The van der Waals surface area contributed by atoms with Gasteiger partial charge in [-0.1, -0.05) is 24.3 Å². The number of amides is 1. The van der Waals surface area contributed by atoms with Crippen molar-refractivity contribution in [2.45, 2.75) is 6.04 Å². The molecule has 1 heterocycles. The number of benzene rings is 2. The number of hydrogen-bond acceptors (Lipinski definition) is 6. The summed E-state index contributed by atoms with van der Waals surface area (Å²) in [5, 5.41) is 1.11. The van der Waals surface area contributed by atoms with Gasteiger partial charge in [0.25, 0.3) is 5.91 Å². The molecule has 0 bridgehead atoms. The average molecular weight is 414 g/mol. The first-order chi connectivity index (χ1) is 13.8. The number of esters is 1. The number of sulfone groups is 1. The van der Waals surface area contributed by atoms with Gasteiger partial charge in [0, 0.05) is 30.9 Å². The van der Waals surface area contributed by atoms with Gasteiger partial charge in [0.05, 0.1) is 17.4 Å². The van der Waals surface area contributed by atoms with E-state index < -0.39 is 34.4 Å². The predicted octanol–water partition coefficient (Wildman–Crippen LogP) is 2.25. The Morgan fingerprint density at radius 2 is 1.72 bits per heavy atom. The van der Waals surface area contributed by atoms with E-state index in [2.05, 4.69) is 0 Å². The summed E-state index contributed by atoms with van der Waals surface area (Å²) in [5.41, 5.74) is 1.70. The highest BCUT2D eigenvalue weighted by Crippen LogP contribution is 2.23. The highest BCUT2D eigenvalue weighted by molar-refractivity contribution is 7.94. The fourth-order valence-corrected chi connectivity index (χ4v) is 4.29. The molecular weight excluding hydrogens is 392 g/mol. The van der Waals surface area contributed by atoms with Crippen LogP contribution in [-0.4, -0.2) is 52.8 Å². The molecule has 152 valence electrons. The number of hydrogen-bond donors (Lipinski definition) is 0. The number of carbonyl (C=O) groups excluding carboxylic acids is 2. The topological polar surface area (TPSA) is 84.0 Å². The molecule has 0 unspecified atom stereocenters. The molecule has 0 spiro atoms. The summed E-state index contributed by atoms with van der Waals surface area (Å²) in [6.45, 7) is -0.496. The molecule has 1 atom stereocenters. The van der Waals surface area contributed by atoms with Crippen LogP contribution in [-0.2, 0) is 19.4 Å². The van der Waals surface area contributed by atoms with Gasteiger partial charge in [-0.3, -0.25) is 4.79 Å². The van der Waals surface area contributed by atoms with Crippen molar-refractivity contribution in [3.8, 4) is 0 Å². The monoisotopic (exact) mass is 414 g/mol. The number of nitrogens with zero attached hydrogens (tertiary/aromatic N) is 2. The highest BCUT2D eigenvalue weighted by atomic mass is 32.2. The second kappa shape index (κ2) is 8.48. The molecule has 0 saturated carbocycles. The van der Waals surface area contributed by atoms with E-state index in [1.165, 1.54) is 11.0 Å². The van der Waals surface area contributed by atoms with E-state index in [1.807, 2.05) is 25.1 Å². The van der Waals surface area contributed by atoms with Crippen LogP contribution < -0.4 is 9.80 Å². The highest BCUT2D eigenvalue weighted by Gasteiger charge is 2.31. The molecule has 3 rings (SSSR count). The van der Waals surface area contributed by atoms with E-state index in [9.17, 15) is 18.0 Å².